The lowest BCUT2D eigenvalue weighted by Crippen LogP contribution is -2.26. The number of hydrogen-bond acceptors (Lipinski definition) is 4. The molecule has 3 N–H and O–H groups in total. The number of methoxy groups -OCH3 is 1. The summed E-state index contributed by atoms with van der Waals surface area (Å²) in [5, 5.41) is 7.07. The maximum absolute atomic E-state index is 12.1. The van der Waals surface area contributed by atoms with Gasteiger partial charge in [-0.05, 0) is 18.2 Å². The lowest BCUT2D eigenvalue weighted by Gasteiger charge is -2.10. The summed E-state index contributed by atoms with van der Waals surface area (Å²) in [4.78, 5) is 12.1. The molecular weight excluding hydrogens is 256 g/mol. The van der Waals surface area contributed by atoms with Crippen LogP contribution in [0.5, 0.6) is 5.75 Å². The minimum Gasteiger partial charge on any atom is -0.495 e. The summed E-state index contributed by atoms with van der Waals surface area (Å²) in [6, 6.07) is 7.06. The Labute approximate surface area is 117 Å². The minimum absolute atomic E-state index is 0.211. The smallest absolute Gasteiger partial charge is 0.253 e. The van der Waals surface area contributed by atoms with Crippen LogP contribution in [0.15, 0.2) is 30.5 Å². The summed E-state index contributed by atoms with van der Waals surface area (Å²) in [5.74, 6) is 0.291. The maximum atomic E-state index is 12.1. The van der Waals surface area contributed by atoms with E-state index in [2.05, 4.69) is 10.4 Å². The molecule has 2 rings (SSSR count). The Morgan fingerprint density at radius 1 is 1.45 bits per heavy atom. The molecule has 106 valence electrons. The molecule has 6 nitrogen and oxygen atoms in total. The van der Waals surface area contributed by atoms with Gasteiger partial charge in [-0.2, -0.15) is 5.10 Å². The number of rotatable bonds is 5. The third kappa shape index (κ3) is 3.09. The second kappa shape index (κ2) is 6.10. The third-order valence-electron chi connectivity index (χ3n) is 2.97. The molecule has 0 bridgehead atoms. The summed E-state index contributed by atoms with van der Waals surface area (Å²) in [5.41, 5.74) is 7.59. The standard InChI is InChI=1S/C14H18N4O2/c1-18-9-7-10(17-18)6-8-16-14(19)11-4-3-5-12(20-2)13(11)15/h3-5,7,9H,6,8,15H2,1-2H3,(H,16,19). The van der Waals surface area contributed by atoms with Crippen LogP contribution in [0.25, 0.3) is 0 Å². The van der Waals surface area contributed by atoms with Crippen molar-refractivity contribution in [3.05, 3.63) is 41.7 Å². The van der Waals surface area contributed by atoms with Gasteiger partial charge in [-0.1, -0.05) is 6.07 Å². The minimum atomic E-state index is -0.211. The van der Waals surface area contributed by atoms with Crippen LogP contribution in [0.4, 0.5) is 5.69 Å². The molecule has 0 saturated heterocycles. The number of nitrogen functional groups attached to an aromatic ring is 1. The number of nitrogens with one attached hydrogen (secondary N) is 1. The van der Waals surface area contributed by atoms with Crippen molar-refractivity contribution >= 4 is 11.6 Å². The SMILES string of the molecule is COc1cccc(C(=O)NCCc2ccn(C)n2)c1N. The molecule has 0 spiro atoms. The van der Waals surface area contributed by atoms with Gasteiger partial charge in [-0.15, -0.1) is 0 Å². The first kappa shape index (κ1) is 13.9. The Bertz CT molecular complexity index is 607. The van der Waals surface area contributed by atoms with Crippen LogP contribution in [0, 0.1) is 0 Å². The Kier molecular flexibility index (Phi) is 4.24. The molecule has 0 unspecified atom stereocenters. The van der Waals surface area contributed by atoms with Crippen LogP contribution in [-0.4, -0.2) is 29.3 Å². The highest BCUT2D eigenvalue weighted by Crippen LogP contribution is 2.24. The first-order valence-corrected chi connectivity index (χ1v) is 6.31. The third-order valence-corrected chi connectivity index (χ3v) is 2.97. The summed E-state index contributed by atoms with van der Waals surface area (Å²) in [7, 11) is 3.38. The summed E-state index contributed by atoms with van der Waals surface area (Å²) >= 11 is 0. The van der Waals surface area contributed by atoms with E-state index in [1.165, 1.54) is 7.11 Å². The van der Waals surface area contributed by atoms with Gasteiger partial charge >= 0.3 is 0 Å². The Morgan fingerprint density at radius 2 is 2.25 bits per heavy atom. The van der Waals surface area contributed by atoms with E-state index in [0.717, 1.165) is 5.69 Å². The predicted molar refractivity (Wildman–Crippen MR) is 76.7 cm³/mol. The van der Waals surface area contributed by atoms with E-state index >= 15 is 0 Å². The number of para-hydroxylation sites is 1. The maximum Gasteiger partial charge on any atom is 0.253 e. The van der Waals surface area contributed by atoms with Gasteiger partial charge < -0.3 is 15.8 Å². The molecule has 1 amide bonds. The zero-order valence-electron chi connectivity index (χ0n) is 11.6. The van der Waals surface area contributed by atoms with Gasteiger partial charge in [0.1, 0.15) is 5.75 Å². The van der Waals surface area contributed by atoms with Crippen LogP contribution in [0.2, 0.25) is 0 Å². The fraction of sp³-hybridized carbons (Fsp3) is 0.286. The number of nitrogens with two attached hydrogens (primary N) is 1. The largest absolute Gasteiger partial charge is 0.495 e. The first-order chi connectivity index (χ1) is 9.61. The van der Waals surface area contributed by atoms with E-state index in [4.69, 9.17) is 10.5 Å². The van der Waals surface area contributed by atoms with E-state index < -0.39 is 0 Å². The summed E-state index contributed by atoms with van der Waals surface area (Å²) in [6.07, 6.45) is 2.55. The molecule has 0 saturated carbocycles. The summed E-state index contributed by atoms with van der Waals surface area (Å²) < 4.78 is 6.83. The average molecular weight is 274 g/mol. The predicted octanol–water partition coefficient (Wildman–Crippen LogP) is 0.983. The number of hydrogen-bond donors (Lipinski definition) is 2. The highest BCUT2D eigenvalue weighted by atomic mass is 16.5. The van der Waals surface area contributed by atoms with E-state index in [1.807, 2.05) is 19.3 Å². The number of anilines is 1. The van der Waals surface area contributed by atoms with Gasteiger partial charge in [-0.3, -0.25) is 9.48 Å². The zero-order valence-corrected chi connectivity index (χ0v) is 11.6. The van der Waals surface area contributed by atoms with E-state index in [0.29, 0.717) is 30.0 Å². The monoisotopic (exact) mass is 274 g/mol. The van der Waals surface area contributed by atoms with Crippen LogP contribution in [0.1, 0.15) is 16.1 Å². The van der Waals surface area contributed by atoms with Gasteiger partial charge in [0.15, 0.2) is 0 Å². The fourth-order valence-corrected chi connectivity index (χ4v) is 1.92. The second-order valence-corrected chi connectivity index (χ2v) is 4.41. The van der Waals surface area contributed by atoms with Crippen LogP contribution < -0.4 is 15.8 Å². The van der Waals surface area contributed by atoms with Crippen molar-refractivity contribution in [1.82, 2.24) is 15.1 Å². The number of ether oxygens (including phenoxy) is 1. The summed E-state index contributed by atoms with van der Waals surface area (Å²) in [6.45, 7) is 0.506. The molecule has 20 heavy (non-hydrogen) atoms. The number of nitrogens with zero attached hydrogens (tertiary/aromatic N) is 2. The Balaban J connectivity index is 1.95. The lowest BCUT2D eigenvalue weighted by molar-refractivity contribution is 0.0954. The first-order valence-electron chi connectivity index (χ1n) is 6.31. The number of aromatic nitrogens is 2. The molecule has 0 aliphatic heterocycles. The zero-order chi connectivity index (χ0) is 14.5. The molecule has 0 aliphatic rings. The molecular formula is C14H18N4O2. The van der Waals surface area contributed by atoms with Gasteiger partial charge in [0.2, 0.25) is 0 Å². The Hall–Kier alpha value is -2.50. The van der Waals surface area contributed by atoms with E-state index in [9.17, 15) is 4.79 Å². The number of benzene rings is 1. The molecule has 1 aromatic heterocycles. The molecule has 0 radical (unpaired) electrons. The van der Waals surface area contributed by atoms with Gasteiger partial charge in [0, 0.05) is 26.2 Å². The van der Waals surface area contributed by atoms with Crippen LogP contribution in [0.3, 0.4) is 0 Å². The molecule has 2 aromatic rings. The highest BCUT2D eigenvalue weighted by molar-refractivity contribution is 6.00. The van der Waals surface area contributed by atoms with Crippen molar-refractivity contribution < 1.29 is 9.53 Å². The Morgan fingerprint density at radius 3 is 2.90 bits per heavy atom. The number of aryl methyl sites for hydroxylation is 1. The van der Waals surface area contributed by atoms with Crippen molar-refractivity contribution in [3.8, 4) is 5.75 Å². The van der Waals surface area contributed by atoms with Crippen molar-refractivity contribution in [2.45, 2.75) is 6.42 Å². The number of carbonyl (C=O) groups is 1. The molecule has 1 heterocycles. The second-order valence-electron chi connectivity index (χ2n) is 4.41. The van der Waals surface area contributed by atoms with Gasteiger partial charge in [0.05, 0.1) is 24.1 Å². The van der Waals surface area contributed by atoms with Crippen molar-refractivity contribution in [1.29, 1.82) is 0 Å². The van der Waals surface area contributed by atoms with Crippen molar-refractivity contribution in [2.75, 3.05) is 19.4 Å². The normalized spacial score (nSPS) is 10.3. The fourth-order valence-electron chi connectivity index (χ4n) is 1.92. The average Bonchev–Trinajstić information content (AvgIpc) is 2.84. The lowest BCUT2D eigenvalue weighted by atomic mass is 10.1. The molecule has 0 aliphatic carbocycles. The van der Waals surface area contributed by atoms with Gasteiger partial charge in [-0.25, -0.2) is 0 Å². The van der Waals surface area contributed by atoms with E-state index in [-0.39, 0.29) is 5.91 Å². The highest BCUT2D eigenvalue weighted by Gasteiger charge is 2.12. The number of amides is 1. The van der Waals surface area contributed by atoms with E-state index in [1.54, 1.807) is 22.9 Å². The number of carbonyl (C=O) groups excluding carboxylic acids is 1. The van der Waals surface area contributed by atoms with Crippen LogP contribution in [-0.2, 0) is 13.5 Å². The van der Waals surface area contributed by atoms with Crippen LogP contribution >= 0.6 is 0 Å². The molecule has 1 aromatic carbocycles. The quantitative estimate of drug-likeness (QED) is 0.796. The van der Waals surface area contributed by atoms with Crippen molar-refractivity contribution in [3.63, 3.8) is 0 Å². The topological polar surface area (TPSA) is 82.2 Å². The van der Waals surface area contributed by atoms with Crippen molar-refractivity contribution in [2.24, 2.45) is 7.05 Å². The molecule has 6 heteroatoms. The molecule has 0 atom stereocenters. The van der Waals surface area contributed by atoms with Gasteiger partial charge in [0.25, 0.3) is 5.91 Å². The molecule has 0 fully saturated rings.